The van der Waals surface area contributed by atoms with E-state index in [4.69, 9.17) is 0 Å². The standard InChI is InChI=1S/C13H27NS/c1-11(12(2)14-9-10-15-3)13-7-5-4-6-8-13/h11-14H,4-10H2,1-3H3. The molecule has 0 saturated heterocycles. The van der Waals surface area contributed by atoms with Crippen molar-refractivity contribution in [3.05, 3.63) is 0 Å². The lowest BCUT2D eigenvalue weighted by Crippen LogP contribution is -2.37. The smallest absolute Gasteiger partial charge is 0.00673 e. The Morgan fingerprint density at radius 2 is 1.87 bits per heavy atom. The number of thioether (sulfide) groups is 1. The maximum Gasteiger partial charge on any atom is 0.00673 e. The van der Waals surface area contributed by atoms with Crippen molar-refractivity contribution in [3.63, 3.8) is 0 Å². The van der Waals surface area contributed by atoms with Crippen molar-refractivity contribution in [1.82, 2.24) is 5.32 Å². The fraction of sp³-hybridized carbons (Fsp3) is 1.00. The zero-order valence-electron chi connectivity index (χ0n) is 10.6. The van der Waals surface area contributed by atoms with Gasteiger partial charge in [-0.1, -0.05) is 39.0 Å². The summed E-state index contributed by atoms with van der Waals surface area (Å²) in [6, 6.07) is 0.695. The minimum Gasteiger partial charge on any atom is -0.313 e. The van der Waals surface area contributed by atoms with Crippen LogP contribution in [0.2, 0.25) is 0 Å². The maximum atomic E-state index is 3.66. The van der Waals surface area contributed by atoms with Gasteiger partial charge in [0.2, 0.25) is 0 Å². The summed E-state index contributed by atoms with van der Waals surface area (Å²) in [7, 11) is 0. The molecule has 1 nitrogen and oxygen atoms in total. The molecule has 15 heavy (non-hydrogen) atoms. The second kappa shape index (κ2) is 7.56. The second-order valence-electron chi connectivity index (χ2n) is 4.99. The first-order chi connectivity index (χ1) is 7.25. The van der Waals surface area contributed by atoms with Gasteiger partial charge in [-0.3, -0.25) is 0 Å². The molecule has 90 valence electrons. The van der Waals surface area contributed by atoms with Gasteiger partial charge in [0, 0.05) is 18.3 Å². The third-order valence-electron chi connectivity index (χ3n) is 3.95. The number of hydrogen-bond acceptors (Lipinski definition) is 2. The summed E-state index contributed by atoms with van der Waals surface area (Å²) in [6.45, 7) is 5.96. The molecule has 1 aliphatic rings. The second-order valence-corrected chi connectivity index (χ2v) is 5.98. The molecular weight excluding hydrogens is 202 g/mol. The number of nitrogens with one attached hydrogen (secondary N) is 1. The summed E-state index contributed by atoms with van der Waals surface area (Å²) in [5.41, 5.74) is 0. The molecule has 0 aliphatic heterocycles. The number of rotatable bonds is 6. The Hall–Kier alpha value is 0.310. The summed E-state index contributed by atoms with van der Waals surface area (Å²) >= 11 is 1.93. The molecule has 0 aromatic heterocycles. The molecule has 1 saturated carbocycles. The van der Waals surface area contributed by atoms with Crippen LogP contribution >= 0.6 is 11.8 Å². The van der Waals surface area contributed by atoms with Crippen molar-refractivity contribution in [2.75, 3.05) is 18.6 Å². The Bertz CT molecular complexity index is 155. The van der Waals surface area contributed by atoms with E-state index in [1.165, 1.54) is 44.4 Å². The zero-order chi connectivity index (χ0) is 11.1. The summed E-state index contributed by atoms with van der Waals surface area (Å²) < 4.78 is 0. The van der Waals surface area contributed by atoms with Gasteiger partial charge in [-0.2, -0.15) is 11.8 Å². The molecule has 2 unspecified atom stereocenters. The van der Waals surface area contributed by atoms with Crippen molar-refractivity contribution < 1.29 is 0 Å². The van der Waals surface area contributed by atoms with E-state index >= 15 is 0 Å². The first kappa shape index (κ1) is 13.4. The molecule has 2 heteroatoms. The minimum atomic E-state index is 0.695. The van der Waals surface area contributed by atoms with Crippen molar-refractivity contribution in [2.24, 2.45) is 11.8 Å². The van der Waals surface area contributed by atoms with Crippen LogP contribution in [0.15, 0.2) is 0 Å². The number of hydrogen-bond donors (Lipinski definition) is 1. The van der Waals surface area contributed by atoms with Crippen LogP contribution in [-0.2, 0) is 0 Å². The predicted molar refractivity (Wildman–Crippen MR) is 71.6 cm³/mol. The van der Waals surface area contributed by atoms with Gasteiger partial charge >= 0.3 is 0 Å². The van der Waals surface area contributed by atoms with Crippen LogP contribution in [0.25, 0.3) is 0 Å². The molecule has 0 amide bonds. The third-order valence-corrected chi connectivity index (χ3v) is 4.57. The lowest BCUT2D eigenvalue weighted by Gasteiger charge is -2.32. The highest BCUT2D eigenvalue weighted by molar-refractivity contribution is 7.98. The lowest BCUT2D eigenvalue weighted by molar-refractivity contribution is 0.221. The highest BCUT2D eigenvalue weighted by Crippen LogP contribution is 2.31. The van der Waals surface area contributed by atoms with Crippen molar-refractivity contribution >= 4 is 11.8 Å². The highest BCUT2D eigenvalue weighted by atomic mass is 32.2. The molecule has 2 atom stereocenters. The Morgan fingerprint density at radius 3 is 2.47 bits per heavy atom. The molecule has 0 aromatic carbocycles. The van der Waals surface area contributed by atoms with Crippen molar-refractivity contribution in [2.45, 2.75) is 52.0 Å². The topological polar surface area (TPSA) is 12.0 Å². The van der Waals surface area contributed by atoms with Gasteiger partial charge < -0.3 is 5.32 Å². The SMILES string of the molecule is CSCCNC(C)C(C)C1CCCCC1. The molecule has 0 bridgehead atoms. The Morgan fingerprint density at radius 1 is 1.20 bits per heavy atom. The zero-order valence-corrected chi connectivity index (χ0v) is 11.4. The first-order valence-corrected chi connectivity index (χ1v) is 7.87. The monoisotopic (exact) mass is 229 g/mol. The van der Waals surface area contributed by atoms with E-state index in [0.29, 0.717) is 6.04 Å². The molecular formula is C13H27NS. The summed E-state index contributed by atoms with van der Waals surface area (Å²) in [6.07, 6.45) is 9.51. The van der Waals surface area contributed by atoms with E-state index in [2.05, 4.69) is 25.4 Å². The first-order valence-electron chi connectivity index (χ1n) is 6.48. The van der Waals surface area contributed by atoms with Gasteiger partial charge in [-0.15, -0.1) is 0 Å². The van der Waals surface area contributed by atoms with Crippen LogP contribution in [0, 0.1) is 11.8 Å². The van der Waals surface area contributed by atoms with Crippen LogP contribution in [0.5, 0.6) is 0 Å². The molecule has 0 radical (unpaired) electrons. The van der Waals surface area contributed by atoms with Crippen molar-refractivity contribution in [3.8, 4) is 0 Å². The van der Waals surface area contributed by atoms with Gasteiger partial charge in [-0.25, -0.2) is 0 Å². The van der Waals surface area contributed by atoms with Gasteiger partial charge in [0.1, 0.15) is 0 Å². The van der Waals surface area contributed by atoms with Gasteiger partial charge in [-0.05, 0) is 25.0 Å². The molecule has 0 heterocycles. The normalized spacial score (nSPS) is 22.6. The minimum absolute atomic E-state index is 0.695. The predicted octanol–water partition coefficient (Wildman–Crippen LogP) is 3.54. The van der Waals surface area contributed by atoms with E-state index in [-0.39, 0.29) is 0 Å². The van der Waals surface area contributed by atoms with E-state index in [1.54, 1.807) is 0 Å². The van der Waals surface area contributed by atoms with E-state index in [9.17, 15) is 0 Å². The lowest BCUT2D eigenvalue weighted by atomic mass is 9.78. The fourth-order valence-corrected chi connectivity index (χ4v) is 2.96. The summed E-state index contributed by atoms with van der Waals surface area (Å²) in [5, 5.41) is 3.66. The van der Waals surface area contributed by atoms with Crippen LogP contribution in [0.4, 0.5) is 0 Å². The van der Waals surface area contributed by atoms with Crippen LogP contribution < -0.4 is 5.32 Å². The quantitative estimate of drug-likeness (QED) is 0.699. The van der Waals surface area contributed by atoms with Crippen molar-refractivity contribution in [1.29, 1.82) is 0 Å². The largest absolute Gasteiger partial charge is 0.313 e. The summed E-state index contributed by atoms with van der Waals surface area (Å²) in [4.78, 5) is 0. The molecule has 1 aliphatic carbocycles. The van der Waals surface area contributed by atoms with Gasteiger partial charge in [0.15, 0.2) is 0 Å². The Balaban J connectivity index is 2.21. The molecule has 1 fully saturated rings. The Labute approximate surface area is 99.8 Å². The van der Waals surface area contributed by atoms with Gasteiger partial charge in [0.25, 0.3) is 0 Å². The molecule has 0 aromatic rings. The van der Waals surface area contributed by atoms with Crippen LogP contribution in [0.3, 0.4) is 0 Å². The molecule has 0 spiro atoms. The third kappa shape index (κ3) is 4.78. The van der Waals surface area contributed by atoms with Gasteiger partial charge in [0.05, 0.1) is 0 Å². The summed E-state index contributed by atoms with van der Waals surface area (Å²) in [5.74, 6) is 3.07. The fourth-order valence-electron chi connectivity index (χ4n) is 2.64. The van der Waals surface area contributed by atoms with E-state index in [0.717, 1.165) is 11.8 Å². The maximum absolute atomic E-state index is 3.66. The van der Waals surface area contributed by atoms with Crippen LogP contribution in [-0.4, -0.2) is 24.6 Å². The average Bonchev–Trinajstić information content (AvgIpc) is 2.29. The average molecular weight is 229 g/mol. The Kier molecular flexibility index (Phi) is 6.74. The van der Waals surface area contributed by atoms with Crippen LogP contribution in [0.1, 0.15) is 46.0 Å². The van der Waals surface area contributed by atoms with E-state index in [1.807, 2.05) is 11.8 Å². The highest BCUT2D eigenvalue weighted by Gasteiger charge is 2.23. The molecule has 1 rings (SSSR count). The van der Waals surface area contributed by atoms with E-state index < -0.39 is 0 Å². The molecule has 1 N–H and O–H groups in total.